The Morgan fingerprint density at radius 2 is 2.05 bits per heavy atom. The number of carboxylic acids is 1. The Morgan fingerprint density at radius 3 is 2.70 bits per heavy atom. The van der Waals surface area contributed by atoms with E-state index in [9.17, 15) is 14.7 Å². The van der Waals surface area contributed by atoms with E-state index >= 15 is 0 Å². The Labute approximate surface area is 117 Å². The van der Waals surface area contributed by atoms with Crippen LogP contribution in [0.1, 0.15) is 41.6 Å². The second-order valence-corrected chi connectivity index (χ2v) is 5.37. The molecule has 0 spiro atoms. The lowest BCUT2D eigenvalue weighted by atomic mass is 9.85. The van der Waals surface area contributed by atoms with Gasteiger partial charge in [0.15, 0.2) is 0 Å². The lowest BCUT2D eigenvalue weighted by molar-refractivity contribution is -0.143. The standard InChI is InChI=1S/C15H19NO4/c1-9-7-12(17)5-6-13(9)14(18)16-11-4-2-3-10(8-11)15(19)20/h5-7,10-11,17H,2-4,8H2,1H3,(H,16,18)(H,19,20). The highest BCUT2D eigenvalue weighted by molar-refractivity contribution is 5.96. The van der Waals surface area contributed by atoms with Gasteiger partial charge in [0, 0.05) is 11.6 Å². The van der Waals surface area contributed by atoms with E-state index in [-0.39, 0.29) is 23.6 Å². The molecule has 0 bridgehead atoms. The molecule has 0 radical (unpaired) electrons. The summed E-state index contributed by atoms with van der Waals surface area (Å²) in [5, 5.41) is 21.3. The summed E-state index contributed by atoms with van der Waals surface area (Å²) < 4.78 is 0. The van der Waals surface area contributed by atoms with Crippen LogP contribution in [0.15, 0.2) is 18.2 Å². The van der Waals surface area contributed by atoms with E-state index in [1.54, 1.807) is 13.0 Å². The van der Waals surface area contributed by atoms with E-state index in [4.69, 9.17) is 5.11 Å². The lowest BCUT2D eigenvalue weighted by Gasteiger charge is -2.27. The van der Waals surface area contributed by atoms with Gasteiger partial charge in [0.05, 0.1) is 5.92 Å². The van der Waals surface area contributed by atoms with Crippen molar-refractivity contribution in [1.29, 1.82) is 0 Å². The Bertz CT molecular complexity index is 527. The molecule has 2 atom stereocenters. The number of aryl methyl sites for hydroxylation is 1. The molecule has 2 rings (SSSR count). The molecule has 1 fully saturated rings. The molecule has 0 heterocycles. The number of nitrogens with one attached hydrogen (secondary N) is 1. The summed E-state index contributed by atoms with van der Waals surface area (Å²) in [6.45, 7) is 1.76. The van der Waals surface area contributed by atoms with Gasteiger partial charge in [0.2, 0.25) is 0 Å². The second-order valence-electron chi connectivity index (χ2n) is 5.37. The number of hydrogen-bond donors (Lipinski definition) is 3. The average molecular weight is 277 g/mol. The molecule has 3 N–H and O–H groups in total. The lowest BCUT2D eigenvalue weighted by Crippen LogP contribution is -2.40. The van der Waals surface area contributed by atoms with Gasteiger partial charge in [-0.15, -0.1) is 0 Å². The maximum Gasteiger partial charge on any atom is 0.306 e. The number of phenols is 1. The van der Waals surface area contributed by atoms with Crippen LogP contribution in [0.5, 0.6) is 5.75 Å². The monoisotopic (exact) mass is 277 g/mol. The van der Waals surface area contributed by atoms with E-state index in [1.165, 1.54) is 12.1 Å². The average Bonchev–Trinajstić information content (AvgIpc) is 2.38. The highest BCUT2D eigenvalue weighted by Gasteiger charge is 2.28. The maximum atomic E-state index is 12.2. The summed E-state index contributed by atoms with van der Waals surface area (Å²) in [7, 11) is 0. The third kappa shape index (κ3) is 3.29. The molecule has 0 aromatic heterocycles. The summed E-state index contributed by atoms with van der Waals surface area (Å²) in [6.07, 6.45) is 2.79. The van der Waals surface area contributed by atoms with Crippen molar-refractivity contribution in [2.45, 2.75) is 38.6 Å². The van der Waals surface area contributed by atoms with Crippen LogP contribution in [0.25, 0.3) is 0 Å². The quantitative estimate of drug-likeness (QED) is 0.789. The first-order valence-electron chi connectivity index (χ1n) is 6.80. The Morgan fingerprint density at radius 1 is 1.30 bits per heavy atom. The van der Waals surface area contributed by atoms with Crippen molar-refractivity contribution in [3.05, 3.63) is 29.3 Å². The zero-order valence-corrected chi connectivity index (χ0v) is 11.4. The first-order valence-corrected chi connectivity index (χ1v) is 6.80. The van der Waals surface area contributed by atoms with Gasteiger partial charge in [-0.05, 0) is 49.9 Å². The molecule has 1 aromatic rings. The van der Waals surface area contributed by atoms with E-state index in [0.717, 1.165) is 12.8 Å². The Hall–Kier alpha value is -2.04. The molecular formula is C15H19NO4. The van der Waals surface area contributed by atoms with Crippen molar-refractivity contribution in [2.24, 2.45) is 5.92 Å². The Kier molecular flexibility index (Phi) is 4.27. The fourth-order valence-electron chi connectivity index (χ4n) is 2.71. The van der Waals surface area contributed by atoms with E-state index in [0.29, 0.717) is 24.0 Å². The first-order chi connectivity index (χ1) is 9.47. The number of phenolic OH excluding ortho intramolecular Hbond substituents is 1. The van der Waals surface area contributed by atoms with Crippen LogP contribution < -0.4 is 5.32 Å². The van der Waals surface area contributed by atoms with Gasteiger partial charge in [-0.1, -0.05) is 6.42 Å². The minimum Gasteiger partial charge on any atom is -0.508 e. The molecule has 0 aliphatic heterocycles. The highest BCUT2D eigenvalue weighted by atomic mass is 16.4. The number of carbonyl (C=O) groups excluding carboxylic acids is 1. The molecule has 5 heteroatoms. The van der Waals surface area contributed by atoms with E-state index in [2.05, 4.69) is 5.32 Å². The zero-order chi connectivity index (χ0) is 14.7. The fraction of sp³-hybridized carbons (Fsp3) is 0.467. The highest BCUT2D eigenvalue weighted by Crippen LogP contribution is 2.25. The predicted octanol–water partition coefficient (Wildman–Crippen LogP) is 2.07. The van der Waals surface area contributed by atoms with Gasteiger partial charge >= 0.3 is 5.97 Å². The number of hydrogen-bond acceptors (Lipinski definition) is 3. The number of benzene rings is 1. The molecule has 1 aliphatic rings. The summed E-state index contributed by atoms with van der Waals surface area (Å²) >= 11 is 0. The fourth-order valence-corrected chi connectivity index (χ4v) is 2.71. The van der Waals surface area contributed by atoms with Crippen molar-refractivity contribution in [3.8, 4) is 5.75 Å². The molecule has 1 amide bonds. The van der Waals surface area contributed by atoms with Crippen LogP contribution in [0.3, 0.4) is 0 Å². The second kappa shape index (κ2) is 5.94. The van der Waals surface area contributed by atoms with Crippen molar-refractivity contribution in [2.75, 3.05) is 0 Å². The number of carboxylic acid groups (broad SMARTS) is 1. The predicted molar refractivity (Wildman–Crippen MR) is 73.7 cm³/mol. The molecule has 108 valence electrons. The number of aromatic hydroxyl groups is 1. The van der Waals surface area contributed by atoms with E-state index < -0.39 is 5.97 Å². The summed E-state index contributed by atoms with van der Waals surface area (Å²) in [5.41, 5.74) is 1.22. The van der Waals surface area contributed by atoms with Gasteiger partial charge in [-0.3, -0.25) is 9.59 Å². The Balaban J connectivity index is 2.02. The van der Waals surface area contributed by atoms with Crippen molar-refractivity contribution in [3.63, 3.8) is 0 Å². The van der Waals surface area contributed by atoms with Crippen LogP contribution in [0.2, 0.25) is 0 Å². The van der Waals surface area contributed by atoms with Gasteiger partial charge in [0.25, 0.3) is 5.91 Å². The van der Waals surface area contributed by atoms with Crippen LogP contribution in [-0.4, -0.2) is 28.1 Å². The molecular weight excluding hydrogens is 258 g/mol. The first kappa shape index (κ1) is 14.4. The van der Waals surface area contributed by atoms with Gasteiger partial charge in [-0.25, -0.2) is 0 Å². The molecule has 20 heavy (non-hydrogen) atoms. The number of amides is 1. The molecule has 1 aromatic carbocycles. The normalized spacial score (nSPS) is 22.2. The van der Waals surface area contributed by atoms with Crippen molar-refractivity contribution in [1.82, 2.24) is 5.32 Å². The molecule has 5 nitrogen and oxygen atoms in total. The SMILES string of the molecule is Cc1cc(O)ccc1C(=O)NC1CCCC(C(=O)O)C1. The van der Waals surface area contributed by atoms with E-state index in [1.807, 2.05) is 0 Å². The zero-order valence-electron chi connectivity index (χ0n) is 11.4. The molecule has 2 unspecified atom stereocenters. The topological polar surface area (TPSA) is 86.6 Å². The minimum atomic E-state index is -0.787. The summed E-state index contributed by atoms with van der Waals surface area (Å²) in [4.78, 5) is 23.2. The van der Waals surface area contributed by atoms with Crippen molar-refractivity contribution >= 4 is 11.9 Å². The molecule has 0 saturated heterocycles. The van der Waals surface area contributed by atoms with Crippen LogP contribution >= 0.6 is 0 Å². The van der Waals surface area contributed by atoms with Crippen molar-refractivity contribution < 1.29 is 19.8 Å². The smallest absolute Gasteiger partial charge is 0.306 e. The van der Waals surface area contributed by atoms with Crippen LogP contribution in [0, 0.1) is 12.8 Å². The largest absolute Gasteiger partial charge is 0.508 e. The number of aliphatic carboxylic acids is 1. The van der Waals surface area contributed by atoms with Gasteiger partial charge in [0.1, 0.15) is 5.75 Å². The minimum absolute atomic E-state index is 0.0921. The van der Waals surface area contributed by atoms with Gasteiger partial charge in [-0.2, -0.15) is 0 Å². The molecule has 1 saturated carbocycles. The summed E-state index contributed by atoms with van der Waals surface area (Å²) in [6, 6.07) is 4.50. The third-order valence-electron chi connectivity index (χ3n) is 3.81. The number of carbonyl (C=O) groups is 2. The summed E-state index contributed by atoms with van der Waals surface area (Å²) in [5.74, 6) is -1.24. The van der Waals surface area contributed by atoms with Crippen LogP contribution in [0.4, 0.5) is 0 Å². The van der Waals surface area contributed by atoms with Crippen LogP contribution in [-0.2, 0) is 4.79 Å². The third-order valence-corrected chi connectivity index (χ3v) is 3.81. The van der Waals surface area contributed by atoms with Gasteiger partial charge < -0.3 is 15.5 Å². The molecule has 1 aliphatic carbocycles. The number of rotatable bonds is 3. The maximum absolute atomic E-state index is 12.2.